The van der Waals surface area contributed by atoms with E-state index in [1.165, 1.54) is 0 Å². The van der Waals surface area contributed by atoms with Gasteiger partial charge in [-0.25, -0.2) is 0 Å². The Labute approximate surface area is 444 Å². The molecule has 14 rings (SSSR count). The highest BCUT2D eigenvalue weighted by Gasteiger charge is 2.22. The number of aryl methyl sites for hydroxylation is 1. The Morgan fingerprint density at radius 1 is 0.292 bits per heavy atom. The van der Waals surface area contributed by atoms with Gasteiger partial charge >= 0.3 is 7.12 Å². The maximum absolute atomic E-state index is 10.0. The third-order valence-corrected chi connectivity index (χ3v) is 13.0. The lowest BCUT2D eigenvalue weighted by Gasteiger charge is -2.18. The van der Waals surface area contributed by atoms with Crippen molar-refractivity contribution in [1.29, 1.82) is 0 Å². The summed E-state index contributed by atoms with van der Waals surface area (Å²) >= 11 is 0. The summed E-state index contributed by atoms with van der Waals surface area (Å²) in [4.78, 5) is 0. The monoisotopic (exact) mass is 938 g/mol. The molecule has 0 bridgehead atoms. The van der Waals surface area contributed by atoms with E-state index in [4.69, 9.17) is 24.7 Å². The van der Waals surface area contributed by atoms with Crippen molar-refractivity contribution in [2.45, 2.75) is 6.92 Å². The van der Waals surface area contributed by atoms with Crippen molar-refractivity contribution in [2.24, 2.45) is 0 Å². The molecule has 0 fully saturated rings. The fourth-order valence-corrected chi connectivity index (χ4v) is 9.94. The van der Waals surface area contributed by atoms with Crippen molar-refractivity contribution in [2.75, 3.05) is 0 Å². The summed E-state index contributed by atoms with van der Waals surface area (Å²) in [5.74, 6) is 0. The number of rotatable bonds is 4. The molecule has 72 heavy (non-hydrogen) atoms. The fraction of sp³-hybridized carbons (Fsp3) is 0.0145. The number of fused-ring (bicyclic) bond motifs is 10. The van der Waals surface area contributed by atoms with Crippen LogP contribution in [0, 0.1) is 6.92 Å². The molecule has 14 aromatic carbocycles. The molecule has 2 nitrogen and oxygen atoms in total. The van der Waals surface area contributed by atoms with E-state index in [1.807, 2.05) is 104 Å². The predicted octanol–water partition coefficient (Wildman–Crippen LogP) is 17.3. The van der Waals surface area contributed by atoms with Crippen LogP contribution in [0.1, 0.15) is 30.2 Å². The molecule has 0 heterocycles. The van der Waals surface area contributed by atoms with Crippen molar-refractivity contribution >= 4 is 98.8 Å². The topological polar surface area (TPSA) is 40.5 Å². The smallest absolute Gasteiger partial charge is 0.423 e. The Balaban J connectivity index is 0.000000143. The first kappa shape index (κ1) is 28.7. The molecule has 0 radical (unpaired) electrons. The molecule has 2 N–H and O–H groups in total. The largest absolute Gasteiger partial charge is 0.489 e. The molecule has 0 aromatic heterocycles. The average molecular weight is 939 g/mol. The van der Waals surface area contributed by atoms with Crippen molar-refractivity contribution in [3.63, 3.8) is 0 Å². The molecule has 0 aliphatic heterocycles. The summed E-state index contributed by atoms with van der Waals surface area (Å²) < 4.78 is 148. The second-order valence-corrected chi connectivity index (χ2v) is 17.2. The fourth-order valence-electron chi connectivity index (χ4n) is 9.94. The lowest BCUT2D eigenvalue weighted by atomic mass is 9.72. The van der Waals surface area contributed by atoms with Gasteiger partial charge in [0.2, 0.25) is 0 Å². The Kier molecular flexibility index (Phi) is 7.64. The van der Waals surface area contributed by atoms with Crippen LogP contribution in [0.15, 0.2) is 266 Å². The van der Waals surface area contributed by atoms with E-state index >= 15 is 0 Å². The molecule has 0 spiro atoms. The molecule has 0 amide bonds. The van der Waals surface area contributed by atoms with Gasteiger partial charge in [-0.05, 0) is 138 Å². The SMILES string of the molecule is [2H]c1c([2H])c([2H])c(-c2c3ccccc3c(-c3ccc4ccc5c([2H])c([2H])c([2H])c([2H])c5c4c3)c3ccccc23)c([2H])c1[2H].[2H]c1c([2H])c([2H])c(-c2c3ccccc3c(B(O)O)c3ccccc23)c([2H])c1[2H].[2H]c1c([2H])c([2H])c2c(ccc3ccc(C)cc32)c1[2H]. The van der Waals surface area contributed by atoms with Crippen LogP contribution in [0.2, 0.25) is 0 Å². The third kappa shape index (κ3) is 8.11. The minimum atomic E-state index is -1.72. The van der Waals surface area contributed by atoms with Crippen LogP contribution >= 0.6 is 0 Å². The van der Waals surface area contributed by atoms with E-state index in [2.05, 4.69) is 0 Å². The molecule has 0 aliphatic carbocycles. The lowest BCUT2D eigenvalue weighted by Crippen LogP contribution is -2.31. The molecule has 0 unspecified atom stereocenters. The van der Waals surface area contributed by atoms with Crippen LogP contribution in [0.25, 0.3) is 120 Å². The highest BCUT2D eigenvalue weighted by Crippen LogP contribution is 2.44. The maximum atomic E-state index is 10.0. The summed E-state index contributed by atoms with van der Waals surface area (Å²) in [5, 5.41) is 30.9. The van der Waals surface area contributed by atoms with E-state index < -0.39 is 31.3 Å². The van der Waals surface area contributed by atoms with Crippen molar-refractivity contribution in [1.82, 2.24) is 0 Å². The second kappa shape index (κ2) is 19.2. The van der Waals surface area contributed by atoms with E-state index in [0.29, 0.717) is 65.1 Å². The third-order valence-electron chi connectivity index (χ3n) is 13.0. The van der Waals surface area contributed by atoms with Crippen LogP contribution < -0.4 is 5.46 Å². The molecular formula is C69H49BO2. The summed E-state index contributed by atoms with van der Waals surface area (Å²) in [6, 6.07) is 43.7. The first-order chi connectivity index (χ1) is 43.0. The zero-order valence-corrected chi connectivity index (χ0v) is 38.5. The molecule has 0 saturated heterocycles. The van der Waals surface area contributed by atoms with E-state index in [0.717, 1.165) is 54.4 Å². The standard InChI is InChI=1S/C34H22.C20H15BO2.C15H12/c1-2-11-25(12-3-1)33-28-14-6-8-16-30(28)34(31-17-9-7-15-29(31)33)26-21-20-24-19-18-23-10-4-5-13-27(23)32(24)22-26;22-21(23)20-17-12-6-4-10-15(17)19(14-8-2-1-3-9-14)16-11-5-7-13-18(16)20;1-11-6-7-13-9-8-12-4-2-3-5-14(12)15(13)10-11/h1-22H;1-13,22-23H;2-10H,1H3/i1D,2D,3D,4D,5D,10D,11D,12D,13D;1D,2D,3D,8D,9D;2D,3D,4D,5D. The van der Waals surface area contributed by atoms with Gasteiger partial charge in [-0.2, -0.15) is 0 Å². The molecular weight excluding hydrogens is 872 g/mol. The lowest BCUT2D eigenvalue weighted by molar-refractivity contribution is 0.426. The maximum Gasteiger partial charge on any atom is 0.489 e. The van der Waals surface area contributed by atoms with Gasteiger partial charge in [-0.1, -0.05) is 266 Å². The van der Waals surface area contributed by atoms with Gasteiger partial charge in [-0.15, -0.1) is 0 Å². The first-order valence-corrected chi connectivity index (χ1v) is 23.2. The van der Waals surface area contributed by atoms with Gasteiger partial charge in [0.25, 0.3) is 0 Å². The Hall–Kier alpha value is -8.86. The molecule has 0 saturated carbocycles. The first-order valence-electron chi connectivity index (χ1n) is 32.2. The van der Waals surface area contributed by atoms with Crippen LogP contribution in [0.3, 0.4) is 0 Å². The second-order valence-electron chi connectivity index (χ2n) is 17.2. The summed E-state index contributed by atoms with van der Waals surface area (Å²) in [6.45, 7) is 1.98. The van der Waals surface area contributed by atoms with Crippen LogP contribution in [0.4, 0.5) is 0 Å². The van der Waals surface area contributed by atoms with E-state index in [1.54, 1.807) is 60.7 Å². The number of benzene rings is 14. The molecule has 340 valence electrons. The van der Waals surface area contributed by atoms with Gasteiger partial charge < -0.3 is 10.0 Å². The highest BCUT2D eigenvalue weighted by molar-refractivity contribution is 6.66. The van der Waals surface area contributed by atoms with Gasteiger partial charge in [0.05, 0.1) is 24.7 Å². The van der Waals surface area contributed by atoms with Gasteiger partial charge in [-0.3, -0.25) is 0 Å². The van der Waals surface area contributed by atoms with Crippen molar-refractivity contribution in [3.05, 3.63) is 272 Å². The van der Waals surface area contributed by atoms with Crippen molar-refractivity contribution < 1.29 is 34.7 Å². The summed E-state index contributed by atoms with van der Waals surface area (Å²) in [5.41, 5.74) is 4.38. The molecule has 14 aromatic rings. The zero-order chi connectivity index (χ0) is 64.2. The quantitative estimate of drug-likeness (QED) is 0.105. The zero-order valence-electron chi connectivity index (χ0n) is 56.5. The van der Waals surface area contributed by atoms with Gasteiger partial charge in [0.15, 0.2) is 0 Å². The molecule has 3 heteroatoms. The minimum Gasteiger partial charge on any atom is -0.423 e. The minimum absolute atomic E-state index is 0.0272. The van der Waals surface area contributed by atoms with E-state index in [-0.39, 0.29) is 95.7 Å². The Morgan fingerprint density at radius 2 is 0.625 bits per heavy atom. The highest BCUT2D eigenvalue weighted by atomic mass is 16.4. The summed E-state index contributed by atoms with van der Waals surface area (Å²) in [6.07, 6.45) is 0. The Bertz CT molecular complexity index is 5250. The summed E-state index contributed by atoms with van der Waals surface area (Å²) in [7, 11) is -1.72. The van der Waals surface area contributed by atoms with Crippen LogP contribution in [0.5, 0.6) is 0 Å². The average Bonchev–Trinajstić information content (AvgIpc) is 1.28. The number of hydrogen-bond donors (Lipinski definition) is 2. The van der Waals surface area contributed by atoms with Gasteiger partial charge in [0, 0.05) is 0 Å². The number of hydrogen-bond acceptors (Lipinski definition) is 2. The van der Waals surface area contributed by atoms with Crippen LogP contribution in [-0.2, 0) is 0 Å². The molecule has 0 aliphatic rings. The Morgan fingerprint density at radius 3 is 1.07 bits per heavy atom. The van der Waals surface area contributed by atoms with Crippen LogP contribution in [-0.4, -0.2) is 17.2 Å². The van der Waals surface area contributed by atoms with Gasteiger partial charge in [0.1, 0.15) is 0 Å². The van der Waals surface area contributed by atoms with E-state index in [9.17, 15) is 10.0 Å². The molecule has 0 atom stereocenters. The normalized spacial score (nSPS) is 14.8. The van der Waals surface area contributed by atoms with Crippen molar-refractivity contribution in [3.8, 4) is 33.4 Å². The predicted molar refractivity (Wildman–Crippen MR) is 310 cm³/mol.